The highest BCUT2D eigenvalue weighted by molar-refractivity contribution is 7.91. The zero-order valence-electron chi connectivity index (χ0n) is 11.5. The molecule has 110 valence electrons. The standard InChI is InChI=1S/C13H18N2O4S/c1-10-9-14(11(10)2)7-8-20(18,19)13-5-3-12(4-6-13)15(16)17/h3-6,10-11H,7-9H2,1-2H3/t10-,11-/m1/s1. The molecule has 2 rings (SSSR count). The molecular weight excluding hydrogens is 280 g/mol. The molecule has 20 heavy (non-hydrogen) atoms. The van der Waals surface area contributed by atoms with Gasteiger partial charge < -0.3 is 0 Å². The van der Waals surface area contributed by atoms with E-state index >= 15 is 0 Å². The maximum absolute atomic E-state index is 12.1. The minimum atomic E-state index is -3.38. The molecule has 0 radical (unpaired) electrons. The van der Waals surface area contributed by atoms with Crippen LogP contribution in [-0.4, -0.2) is 43.1 Å². The summed E-state index contributed by atoms with van der Waals surface area (Å²) in [5.74, 6) is 0.652. The van der Waals surface area contributed by atoms with Crippen LogP contribution in [0.5, 0.6) is 0 Å². The van der Waals surface area contributed by atoms with E-state index in [1.807, 2.05) is 0 Å². The Balaban J connectivity index is 2.01. The largest absolute Gasteiger partial charge is 0.299 e. The predicted molar refractivity (Wildman–Crippen MR) is 75.3 cm³/mol. The molecule has 6 nitrogen and oxygen atoms in total. The van der Waals surface area contributed by atoms with E-state index in [0.717, 1.165) is 6.54 Å². The Labute approximate surface area is 118 Å². The zero-order valence-corrected chi connectivity index (χ0v) is 12.3. The van der Waals surface area contributed by atoms with Crippen LogP contribution in [0.4, 0.5) is 5.69 Å². The van der Waals surface area contributed by atoms with Crippen molar-refractivity contribution in [1.82, 2.24) is 4.90 Å². The van der Waals surface area contributed by atoms with Crippen molar-refractivity contribution in [1.29, 1.82) is 0 Å². The summed E-state index contributed by atoms with van der Waals surface area (Å²) in [4.78, 5) is 12.3. The van der Waals surface area contributed by atoms with Gasteiger partial charge in [-0.05, 0) is 25.0 Å². The Morgan fingerprint density at radius 3 is 2.35 bits per heavy atom. The average molecular weight is 298 g/mol. The minimum Gasteiger partial charge on any atom is -0.299 e. The number of nitrogens with zero attached hydrogens (tertiary/aromatic N) is 2. The van der Waals surface area contributed by atoms with E-state index in [-0.39, 0.29) is 16.3 Å². The summed E-state index contributed by atoms with van der Waals surface area (Å²) in [6.07, 6.45) is 0. The van der Waals surface area contributed by atoms with Crippen LogP contribution in [0.25, 0.3) is 0 Å². The quantitative estimate of drug-likeness (QED) is 0.610. The van der Waals surface area contributed by atoms with Gasteiger partial charge in [0.2, 0.25) is 0 Å². The van der Waals surface area contributed by atoms with Gasteiger partial charge in [-0.15, -0.1) is 0 Å². The van der Waals surface area contributed by atoms with Crippen molar-refractivity contribution >= 4 is 15.5 Å². The third-order valence-electron chi connectivity index (χ3n) is 3.98. The van der Waals surface area contributed by atoms with Gasteiger partial charge in [-0.1, -0.05) is 6.92 Å². The Hall–Kier alpha value is -1.47. The second-order valence-corrected chi connectivity index (χ2v) is 7.39. The Bertz CT molecular complexity index is 597. The van der Waals surface area contributed by atoms with Crippen LogP contribution in [0, 0.1) is 16.0 Å². The molecule has 0 amide bonds. The summed E-state index contributed by atoms with van der Waals surface area (Å²) in [6, 6.07) is 5.47. The number of benzene rings is 1. The number of nitro groups is 1. The molecule has 0 aromatic heterocycles. The molecule has 1 fully saturated rings. The lowest BCUT2D eigenvalue weighted by atomic mass is 9.92. The molecule has 0 aliphatic carbocycles. The van der Waals surface area contributed by atoms with E-state index in [2.05, 4.69) is 18.7 Å². The Morgan fingerprint density at radius 2 is 1.90 bits per heavy atom. The van der Waals surface area contributed by atoms with Crippen molar-refractivity contribution in [2.75, 3.05) is 18.8 Å². The minimum absolute atomic E-state index is 0.0435. The summed E-state index contributed by atoms with van der Waals surface area (Å²) >= 11 is 0. The number of rotatable bonds is 5. The molecule has 0 spiro atoms. The first kappa shape index (κ1) is 14.9. The number of non-ortho nitro benzene ring substituents is 1. The van der Waals surface area contributed by atoms with Gasteiger partial charge >= 0.3 is 0 Å². The smallest absolute Gasteiger partial charge is 0.269 e. The molecule has 1 aliphatic heterocycles. The second kappa shape index (κ2) is 5.49. The number of nitro benzene ring substituents is 1. The molecule has 1 aliphatic rings. The van der Waals surface area contributed by atoms with E-state index in [1.54, 1.807) is 0 Å². The number of sulfone groups is 1. The molecule has 7 heteroatoms. The molecule has 2 atom stereocenters. The van der Waals surface area contributed by atoms with Gasteiger partial charge in [0, 0.05) is 31.3 Å². The average Bonchev–Trinajstić information content (AvgIpc) is 2.43. The normalized spacial score (nSPS) is 23.3. The van der Waals surface area contributed by atoms with Gasteiger partial charge in [0.25, 0.3) is 5.69 Å². The van der Waals surface area contributed by atoms with Gasteiger partial charge in [0.05, 0.1) is 15.6 Å². The van der Waals surface area contributed by atoms with Crippen molar-refractivity contribution in [2.24, 2.45) is 5.92 Å². The van der Waals surface area contributed by atoms with Crippen molar-refractivity contribution in [2.45, 2.75) is 24.8 Å². The fourth-order valence-corrected chi connectivity index (χ4v) is 3.60. The van der Waals surface area contributed by atoms with Gasteiger partial charge in [-0.3, -0.25) is 15.0 Å². The Morgan fingerprint density at radius 1 is 1.30 bits per heavy atom. The van der Waals surface area contributed by atoms with Crippen LogP contribution in [0.3, 0.4) is 0 Å². The van der Waals surface area contributed by atoms with E-state index in [9.17, 15) is 18.5 Å². The van der Waals surface area contributed by atoms with Crippen LogP contribution in [-0.2, 0) is 9.84 Å². The van der Waals surface area contributed by atoms with Gasteiger partial charge in [-0.2, -0.15) is 0 Å². The zero-order chi connectivity index (χ0) is 14.9. The predicted octanol–water partition coefficient (Wildman–Crippen LogP) is 1.71. The summed E-state index contributed by atoms with van der Waals surface area (Å²) < 4.78 is 24.3. The molecular formula is C13H18N2O4S. The van der Waals surface area contributed by atoms with Crippen LogP contribution in [0.15, 0.2) is 29.2 Å². The monoisotopic (exact) mass is 298 g/mol. The van der Waals surface area contributed by atoms with E-state index < -0.39 is 14.8 Å². The topological polar surface area (TPSA) is 80.5 Å². The molecule has 1 saturated heterocycles. The summed E-state index contributed by atoms with van der Waals surface area (Å²) in [5.41, 5.74) is -0.103. The first-order chi connectivity index (χ1) is 9.31. The van der Waals surface area contributed by atoms with E-state index in [0.29, 0.717) is 18.5 Å². The first-order valence-corrected chi connectivity index (χ1v) is 8.18. The fraction of sp³-hybridized carbons (Fsp3) is 0.538. The van der Waals surface area contributed by atoms with Gasteiger partial charge in [-0.25, -0.2) is 8.42 Å². The van der Waals surface area contributed by atoms with Crippen LogP contribution < -0.4 is 0 Å². The highest BCUT2D eigenvalue weighted by Crippen LogP contribution is 2.24. The third-order valence-corrected chi connectivity index (χ3v) is 5.69. The lowest BCUT2D eigenvalue weighted by molar-refractivity contribution is -0.384. The van der Waals surface area contributed by atoms with Crippen molar-refractivity contribution in [3.05, 3.63) is 34.4 Å². The van der Waals surface area contributed by atoms with Crippen molar-refractivity contribution in [3.63, 3.8) is 0 Å². The lowest BCUT2D eigenvalue weighted by Gasteiger charge is -2.44. The second-order valence-electron chi connectivity index (χ2n) is 5.28. The highest BCUT2D eigenvalue weighted by Gasteiger charge is 2.32. The SMILES string of the molecule is C[C@@H]1CN(CCS(=O)(=O)c2ccc([N+](=O)[O-])cc2)[C@@H]1C. The van der Waals surface area contributed by atoms with E-state index in [4.69, 9.17) is 0 Å². The van der Waals surface area contributed by atoms with Crippen LogP contribution >= 0.6 is 0 Å². The van der Waals surface area contributed by atoms with E-state index in [1.165, 1.54) is 24.3 Å². The van der Waals surface area contributed by atoms with Gasteiger partial charge in [0.15, 0.2) is 9.84 Å². The van der Waals surface area contributed by atoms with Gasteiger partial charge in [0.1, 0.15) is 0 Å². The summed E-state index contributed by atoms with van der Waals surface area (Å²) in [7, 11) is -3.38. The summed E-state index contributed by atoms with van der Waals surface area (Å²) in [5, 5.41) is 10.5. The number of hydrogen-bond acceptors (Lipinski definition) is 5. The maximum atomic E-state index is 12.1. The Kier molecular flexibility index (Phi) is 4.10. The highest BCUT2D eigenvalue weighted by atomic mass is 32.2. The maximum Gasteiger partial charge on any atom is 0.269 e. The van der Waals surface area contributed by atoms with Crippen molar-refractivity contribution < 1.29 is 13.3 Å². The van der Waals surface area contributed by atoms with Crippen molar-refractivity contribution in [3.8, 4) is 0 Å². The lowest BCUT2D eigenvalue weighted by Crippen LogP contribution is -2.54. The molecule has 1 heterocycles. The van der Waals surface area contributed by atoms with Crippen LogP contribution in [0.2, 0.25) is 0 Å². The fourth-order valence-electron chi connectivity index (χ4n) is 2.34. The number of hydrogen-bond donors (Lipinski definition) is 0. The third kappa shape index (κ3) is 2.99. The molecule has 1 aromatic carbocycles. The molecule has 0 N–H and O–H groups in total. The number of likely N-dealkylation sites (tertiary alicyclic amines) is 1. The molecule has 1 aromatic rings. The van der Waals surface area contributed by atoms with Crippen LogP contribution in [0.1, 0.15) is 13.8 Å². The molecule has 0 unspecified atom stereocenters. The molecule has 0 bridgehead atoms. The molecule has 0 saturated carbocycles. The summed E-state index contributed by atoms with van der Waals surface area (Å²) in [6.45, 7) is 5.67. The first-order valence-electron chi connectivity index (χ1n) is 6.52.